The van der Waals surface area contributed by atoms with Gasteiger partial charge in [0.05, 0.1) is 56.0 Å². The standard InChI is InChI=1S/C10H15N3P.HI/c1-14(8-2-5-11,9-3-6-12)10-4-7-13;/h2-4,8-10H2,1H3;1H/q+1;/p-1. The van der Waals surface area contributed by atoms with Crippen LogP contribution in [0.4, 0.5) is 0 Å². The van der Waals surface area contributed by atoms with Crippen molar-refractivity contribution in [3.63, 3.8) is 0 Å². The molecule has 0 N–H and O–H groups in total. The fraction of sp³-hybridized carbons (Fsp3) is 0.700. The summed E-state index contributed by atoms with van der Waals surface area (Å²) in [5, 5.41) is 25.6. The molecule has 0 aliphatic carbocycles. The molecule has 0 amide bonds. The highest BCUT2D eigenvalue weighted by Gasteiger charge is 2.29. The van der Waals surface area contributed by atoms with Gasteiger partial charge in [-0.15, -0.1) is 0 Å². The van der Waals surface area contributed by atoms with Gasteiger partial charge >= 0.3 is 0 Å². The number of hydrogen-bond donors (Lipinski definition) is 0. The molecule has 3 nitrogen and oxygen atoms in total. The SMILES string of the molecule is C[P+](CCC#N)(CCC#N)CCC#N.[I-]. The summed E-state index contributed by atoms with van der Waals surface area (Å²) in [6, 6.07) is 6.41. The Labute approximate surface area is 109 Å². The minimum Gasteiger partial charge on any atom is -1.00 e. The Morgan fingerprint density at radius 2 is 1.07 bits per heavy atom. The van der Waals surface area contributed by atoms with Crippen molar-refractivity contribution in [2.45, 2.75) is 19.3 Å². The van der Waals surface area contributed by atoms with Crippen LogP contribution in [0.25, 0.3) is 0 Å². The number of nitrogens with zero attached hydrogens (tertiary/aromatic N) is 3. The largest absolute Gasteiger partial charge is 1.00 e. The Kier molecular flexibility index (Phi) is 11.5. The lowest BCUT2D eigenvalue weighted by Gasteiger charge is -2.19. The second-order valence-corrected chi connectivity index (χ2v) is 8.10. The molecule has 5 heteroatoms. The van der Waals surface area contributed by atoms with E-state index in [0.717, 1.165) is 18.5 Å². The first-order chi connectivity index (χ1) is 6.68. The minimum atomic E-state index is -1.19. The maximum absolute atomic E-state index is 8.52. The molecule has 0 atom stereocenters. The predicted molar refractivity (Wildman–Crippen MR) is 58.1 cm³/mol. The van der Waals surface area contributed by atoms with Crippen molar-refractivity contribution in [3.8, 4) is 18.2 Å². The first-order valence-corrected chi connectivity index (χ1v) is 7.42. The zero-order chi connectivity index (χ0) is 10.9. The summed E-state index contributed by atoms with van der Waals surface area (Å²) < 4.78 is 0. The van der Waals surface area contributed by atoms with E-state index in [4.69, 9.17) is 15.8 Å². The first-order valence-electron chi connectivity index (χ1n) is 4.63. The Hall–Kier alpha value is -0.370. The van der Waals surface area contributed by atoms with Crippen LogP contribution in [0.2, 0.25) is 0 Å². The van der Waals surface area contributed by atoms with Crippen LogP contribution in [0.3, 0.4) is 0 Å². The van der Waals surface area contributed by atoms with Crippen LogP contribution in [-0.4, -0.2) is 25.2 Å². The number of halogens is 1. The predicted octanol–water partition coefficient (Wildman–Crippen LogP) is -0.621. The van der Waals surface area contributed by atoms with E-state index in [1.54, 1.807) is 0 Å². The molecular formula is C10H15IN3P. The molecule has 0 aromatic carbocycles. The van der Waals surface area contributed by atoms with Crippen LogP contribution in [0.5, 0.6) is 0 Å². The van der Waals surface area contributed by atoms with Crippen LogP contribution < -0.4 is 24.0 Å². The lowest BCUT2D eigenvalue weighted by Crippen LogP contribution is -3.00. The van der Waals surface area contributed by atoms with Gasteiger partial charge in [-0.1, -0.05) is 0 Å². The van der Waals surface area contributed by atoms with Gasteiger partial charge in [0.15, 0.2) is 0 Å². The first kappa shape index (κ1) is 17.0. The number of nitriles is 3. The molecule has 0 aliphatic rings. The van der Waals surface area contributed by atoms with Crippen molar-refractivity contribution in [2.24, 2.45) is 0 Å². The van der Waals surface area contributed by atoms with Crippen LogP contribution in [0, 0.1) is 34.0 Å². The van der Waals surface area contributed by atoms with Crippen molar-refractivity contribution >= 4 is 7.26 Å². The van der Waals surface area contributed by atoms with Crippen LogP contribution in [0.1, 0.15) is 19.3 Å². The van der Waals surface area contributed by atoms with E-state index in [1.807, 2.05) is 0 Å². The summed E-state index contributed by atoms with van der Waals surface area (Å²) in [7, 11) is -1.19. The highest BCUT2D eigenvalue weighted by atomic mass is 127. The van der Waals surface area contributed by atoms with Gasteiger partial charge in [-0.2, -0.15) is 15.8 Å². The third-order valence-corrected chi connectivity index (χ3v) is 6.20. The Balaban J connectivity index is 0. The molecule has 0 aromatic rings. The van der Waals surface area contributed by atoms with Gasteiger partial charge in [0.25, 0.3) is 0 Å². The molecule has 0 saturated carbocycles. The summed E-state index contributed by atoms with van der Waals surface area (Å²) in [5.74, 6) is 0. The second kappa shape index (κ2) is 10.2. The van der Waals surface area contributed by atoms with E-state index in [9.17, 15) is 0 Å². The molecule has 0 radical (unpaired) electrons. The minimum absolute atomic E-state index is 0. The summed E-state index contributed by atoms with van der Waals surface area (Å²) in [6.07, 6.45) is 4.36. The molecule has 0 saturated heterocycles. The number of rotatable bonds is 6. The zero-order valence-corrected chi connectivity index (χ0v) is 12.0. The molecule has 0 heterocycles. The van der Waals surface area contributed by atoms with Gasteiger partial charge in [-0.05, 0) is 0 Å². The summed E-state index contributed by atoms with van der Waals surface area (Å²) in [5.41, 5.74) is 0. The Bertz CT molecular complexity index is 239. The molecule has 0 aliphatic heterocycles. The molecule has 0 fully saturated rings. The van der Waals surface area contributed by atoms with Crippen molar-refractivity contribution in [1.82, 2.24) is 0 Å². The fourth-order valence-corrected chi connectivity index (χ4v) is 3.89. The third kappa shape index (κ3) is 8.61. The van der Waals surface area contributed by atoms with Gasteiger partial charge in [-0.3, -0.25) is 0 Å². The van der Waals surface area contributed by atoms with Crippen LogP contribution >= 0.6 is 7.26 Å². The molecular weight excluding hydrogens is 320 g/mol. The monoisotopic (exact) mass is 335 g/mol. The quantitative estimate of drug-likeness (QED) is 0.480. The van der Waals surface area contributed by atoms with Crippen LogP contribution in [-0.2, 0) is 0 Å². The van der Waals surface area contributed by atoms with Crippen molar-refractivity contribution in [3.05, 3.63) is 0 Å². The molecule has 82 valence electrons. The zero-order valence-electron chi connectivity index (χ0n) is 8.91. The molecule has 0 unspecified atom stereocenters. The van der Waals surface area contributed by atoms with Gasteiger partial charge in [0, 0.05) is 13.9 Å². The van der Waals surface area contributed by atoms with Gasteiger partial charge in [0.2, 0.25) is 0 Å². The topological polar surface area (TPSA) is 71.4 Å². The van der Waals surface area contributed by atoms with Crippen LogP contribution in [0.15, 0.2) is 0 Å². The summed E-state index contributed by atoms with van der Waals surface area (Å²) in [6.45, 7) is 2.17. The van der Waals surface area contributed by atoms with E-state index in [2.05, 4.69) is 24.9 Å². The third-order valence-electron chi connectivity index (χ3n) is 2.29. The normalized spacial score (nSPS) is 9.20. The average Bonchev–Trinajstić information content (AvgIpc) is 2.21. The molecule has 0 aromatic heterocycles. The van der Waals surface area contributed by atoms with E-state index in [-0.39, 0.29) is 24.0 Å². The summed E-state index contributed by atoms with van der Waals surface area (Å²) in [4.78, 5) is 0. The Morgan fingerprint density at radius 1 is 0.800 bits per heavy atom. The van der Waals surface area contributed by atoms with E-state index in [0.29, 0.717) is 19.3 Å². The van der Waals surface area contributed by atoms with Crippen molar-refractivity contribution < 1.29 is 24.0 Å². The van der Waals surface area contributed by atoms with Gasteiger partial charge < -0.3 is 24.0 Å². The van der Waals surface area contributed by atoms with Gasteiger partial charge in [0.1, 0.15) is 0 Å². The van der Waals surface area contributed by atoms with Gasteiger partial charge in [-0.25, -0.2) is 0 Å². The smallest absolute Gasteiger partial charge is 0.0722 e. The van der Waals surface area contributed by atoms with Crippen molar-refractivity contribution in [1.29, 1.82) is 15.8 Å². The van der Waals surface area contributed by atoms with E-state index in [1.165, 1.54) is 0 Å². The lowest BCUT2D eigenvalue weighted by atomic mass is 10.5. The van der Waals surface area contributed by atoms with Crippen molar-refractivity contribution in [2.75, 3.05) is 25.2 Å². The highest BCUT2D eigenvalue weighted by Crippen LogP contribution is 2.56. The maximum atomic E-state index is 8.52. The van der Waals surface area contributed by atoms with E-state index < -0.39 is 7.26 Å². The van der Waals surface area contributed by atoms with E-state index >= 15 is 0 Å². The summed E-state index contributed by atoms with van der Waals surface area (Å²) >= 11 is 0. The Morgan fingerprint density at radius 3 is 1.27 bits per heavy atom. The molecule has 0 spiro atoms. The highest BCUT2D eigenvalue weighted by molar-refractivity contribution is 7.75. The number of hydrogen-bond acceptors (Lipinski definition) is 3. The molecule has 0 rings (SSSR count). The second-order valence-electron chi connectivity index (χ2n) is 3.51. The lowest BCUT2D eigenvalue weighted by molar-refractivity contribution is -0.00000388. The molecule has 15 heavy (non-hydrogen) atoms. The maximum Gasteiger partial charge on any atom is 0.0722 e. The molecule has 0 bridgehead atoms. The average molecular weight is 335 g/mol. The fourth-order valence-electron chi connectivity index (χ4n) is 1.30.